The van der Waals surface area contributed by atoms with Crippen molar-refractivity contribution >= 4 is 11.8 Å². The predicted octanol–water partition coefficient (Wildman–Crippen LogP) is 1.40. The van der Waals surface area contributed by atoms with Crippen LogP contribution in [-0.2, 0) is 9.47 Å². The summed E-state index contributed by atoms with van der Waals surface area (Å²) in [6, 6.07) is 0. The Morgan fingerprint density at radius 1 is 1.10 bits per heavy atom. The van der Waals surface area contributed by atoms with Crippen LogP contribution in [0.15, 0.2) is 0 Å². The Bertz CT molecular complexity index is 51.6. The fraction of sp³-hybridized carbons (Fsp3) is 1.00. The lowest BCUT2D eigenvalue weighted by molar-refractivity contribution is 0.0594. The molecule has 0 aromatic carbocycles. The highest BCUT2D eigenvalue weighted by Gasteiger charge is 1.86. The van der Waals surface area contributed by atoms with Crippen LogP contribution in [0.25, 0.3) is 0 Å². The van der Waals surface area contributed by atoms with Gasteiger partial charge in [-0.2, -0.15) is 11.8 Å². The number of hydrogen-bond donors (Lipinski definition) is 0. The lowest BCUT2D eigenvalue weighted by Crippen LogP contribution is -2.05. The van der Waals surface area contributed by atoms with Gasteiger partial charge in [0.15, 0.2) is 0 Å². The van der Waals surface area contributed by atoms with E-state index in [0.717, 1.165) is 32.2 Å². The zero-order valence-electron chi connectivity index (χ0n) is 6.76. The fourth-order valence-corrected chi connectivity index (χ4v) is 0.791. The molecule has 0 spiro atoms. The molecule has 0 unspecified atom stereocenters. The molecule has 0 fully saturated rings. The average Bonchev–Trinajstić information content (AvgIpc) is 1.97. The number of hydrogen-bond acceptors (Lipinski definition) is 3. The van der Waals surface area contributed by atoms with Gasteiger partial charge in [-0.1, -0.05) is 0 Å². The molecule has 0 N–H and O–H groups in total. The van der Waals surface area contributed by atoms with Crippen molar-refractivity contribution in [3.63, 3.8) is 0 Å². The largest absolute Gasteiger partial charge is 0.379 e. The Morgan fingerprint density at radius 3 is 2.40 bits per heavy atom. The van der Waals surface area contributed by atoms with Gasteiger partial charge < -0.3 is 9.47 Å². The SMILES string of the molecule is CCOCCOCCSC. The van der Waals surface area contributed by atoms with Gasteiger partial charge in [0.05, 0.1) is 19.8 Å². The van der Waals surface area contributed by atoms with Gasteiger partial charge in [0.25, 0.3) is 0 Å². The number of ether oxygens (including phenoxy) is 2. The molecule has 0 radical (unpaired) electrons. The fourth-order valence-electron chi connectivity index (χ4n) is 0.507. The molecule has 10 heavy (non-hydrogen) atoms. The highest BCUT2D eigenvalue weighted by atomic mass is 32.2. The maximum absolute atomic E-state index is 5.23. The first-order valence-electron chi connectivity index (χ1n) is 3.56. The summed E-state index contributed by atoms with van der Waals surface area (Å²) in [5.74, 6) is 1.08. The van der Waals surface area contributed by atoms with E-state index in [0.29, 0.717) is 0 Å². The third-order valence-corrected chi connectivity index (χ3v) is 1.58. The Morgan fingerprint density at radius 2 is 1.80 bits per heavy atom. The van der Waals surface area contributed by atoms with Crippen LogP contribution >= 0.6 is 11.8 Å². The summed E-state index contributed by atoms with van der Waals surface area (Å²) in [5, 5.41) is 0. The van der Waals surface area contributed by atoms with Crippen molar-refractivity contribution in [2.24, 2.45) is 0 Å². The van der Waals surface area contributed by atoms with Crippen LogP contribution in [0.4, 0.5) is 0 Å². The maximum Gasteiger partial charge on any atom is 0.0700 e. The van der Waals surface area contributed by atoms with Crippen LogP contribution in [0.1, 0.15) is 6.92 Å². The van der Waals surface area contributed by atoms with Gasteiger partial charge in [-0.25, -0.2) is 0 Å². The third-order valence-electron chi connectivity index (χ3n) is 1.01. The van der Waals surface area contributed by atoms with Crippen LogP contribution in [0.3, 0.4) is 0 Å². The normalized spacial score (nSPS) is 10.2. The minimum atomic E-state index is 0.727. The molecule has 0 aliphatic heterocycles. The van der Waals surface area contributed by atoms with Crippen LogP contribution in [-0.4, -0.2) is 38.4 Å². The Labute approximate surface area is 67.3 Å². The second kappa shape index (κ2) is 9.27. The monoisotopic (exact) mass is 164 g/mol. The molecule has 0 aliphatic carbocycles. The van der Waals surface area contributed by atoms with Crippen LogP contribution < -0.4 is 0 Å². The van der Waals surface area contributed by atoms with Gasteiger partial charge in [-0.05, 0) is 13.2 Å². The first-order valence-corrected chi connectivity index (χ1v) is 4.95. The van der Waals surface area contributed by atoms with Gasteiger partial charge in [0.2, 0.25) is 0 Å². The summed E-state index contributed by atoms with van der Waals surface area (Å²) in [5.41, 5.74) is 0. The minimum absolute atomic E-state index is 0.727. The van der Waals surface area contributed by atoms with Crippen molar-refractivity contribution in [3.8, 4) is 0 Å². The molecule has 0 amide bonds. The summed E-state index contributed by atoms with van der Waals surface area (Å²) in [6.07, 6.45) is 2.08. The van der Waals surface area contributed by atoms with Gasteiger partial charge in [-0.3, -0.25) is 0 Å². The Kier molecular flexibility index (Phi) is 9.52. The minimum Gasteiger partial charge on any atom is -0.379 e. The Hall–Kier alpha value is 0.270. The predicted molar refractivity (Wildman–Crippen MR) is 45.7 cm³/mol. The third kappa shape index (κ3) is 8.27. The van der Waals surface area contributed by atoms with E-state index in [1.807, 2.05) is 6.92 Å². The average molecular weight is 164 g/mol. The molecule has 62 valence electrons. The zero-order chi connectivity index (χ0) is 7.66. The molecule has 3 heteroatoms. The summed E-state index contributed by atoms with van der Waals surface area (Å²) < 4.78 is 10.3. The van der Waals surface area contributed by atoms with E-state index in [9.17, 15) is 0 Å². The molecule has 0 bridgehead atoms. The molecule has 0 saturated carbocycles. The molecule has 0 atom stereocenters. The van der Waals surface area contributed by atoms with E-state index >= 15 is 0 Å². The highest BCUT2D eigenvalue weighted by Crippen LogP contribution is 1.90. The summed E-state index contributed by atoms with van der Waals surface area (Å²) in [4.78, 5) is 0. The molecule has 2 nitrogen and oxygen atoms in total. The van der Waals surface area contributed by atoms with Crippen molar-refractivity contribution < 1.29 is 9.47 Å². The van der Waals surface area contributed by atoms with Gasteiger partial charge in [0, 0.05) is 12.4 Å². The summed E-state index contributed by atoms with van der Waals surface area (Å²) >= 11 is 1.80. The van der Waals surface area contributed by atoms with Crippen LogP contribution in [0.5, 0.6) is 0 Å². The van der Waals surface area contributed by atoms with E-state index in [4.69, 9.17) is 9.47 Å². The highest BCUT2D eigenvalue weighted by molar-refractivity contribution is 7.98. The van der Waals surface area contributed by atoms with Crippen molar-refractivity contribution in [2.75, 3.05) is 38.4 Å². The quantitative estimate of drug-likeness (QED) is 0.530. The summed E-state index contributed by atoms with van der Waals surface area (Å²) in [7, 11) is 0. The number of rotatable bonds is 7. The molecule has 0 aromatic rings. The molecule has 0 saturated heterocycles. The van der Waals surface area contributed by atoms with E-state index in [1.54, 1.807) is 11.8 Å². The molecular formula is C7H16O2S. The van der Waals surface area contributed by atoms with Crippen LogP contribution in [0.2, 0.25) is 0 Å². The summed E-state index contributed by atoms with van der Waals surface area (Å²) in [6.45, 7) is 5.07. The van der Waals surface area contributed by atoms with Gasteiger partial charge >= 0.3 is 0 Å². The standard InChI is InChI=1S/C7H16O2S/c1-3-8-4-5-9-6-7-10-2/h3-7H2,1-2H3. The van der Waals surface area contributed by atoms with Crippen molar-refractivity contribution in [3.05, 3.63) is 0 Å². The maximum atomic E-state index is 5.23. The topological polar surface area (TPSA) is 18.5 Å². The lowest BCUT2D eigenvalue weighted by Gasteiger charge is -2.01. The van der Waals surface area contributed by atoms with Crippen molar-refractivity contribution in [1.82, 2.24) is 0 Å². The van der Waals surface area contributed by atoms with Crippen molar-refractivity contribution in [2.45, 2.75) is 6.92 Å². The zero-order valence-corrected chi connectivity index (χ0v) is 7.58. The molecule has 0 aromatic heterocycles. The van der Waals surface area contributed by atoms with Crippen LogP contribution in [0, 0.1) is 0 Å². The van der Waals surface area contributed by atoms with Gasteiger partial charge in [0.1, 0.15) is 0 Å². The molecule has 0 rings (SSSR count). The van der Waals surface area contributed by atoms with E-state index < -0.39 is 0 Å². The smallest absolute Gasteiger partial charge is 0.0700 e. The molecule has 0 heterocycles. The van der Waals surface area contributed by atoms with E-state index in [1.165, 1.54) is 0 Å². The first-order chi connectivity index (χ1) is 4.91. The second-order valence-electron chi connectivity index (χ2n) is 1.80. The first kappa shape index (κ1) is 10.3. The van der Waals surface area contributed by atoms with E-state index in [-0.39, 0.29) is 0 Å². The van der Waals surface area contributed by atoms with E-state index in [2.05, 4.69) is 6.26 Å². The molecule has 0 aliphatic rings. The van der Waals surface area contributed by atoms with Gasteiger partial charge in [-0.15, -0.1) is 0 Å². The molecular weight excluding hydrogens is 148 g/mol. The number of thioether (sulfide) groups is 1. The second-order valence-corrected chi connectivity index (χ2v) is 2.79. The Balaban J connectivity index is 2.65. The van der Waals surface area contributed by atoms with Crippen molar-refractivity contribution in [1.29, 1.82) is 0 Å². The lowest BCUT2D eigenvalue weighted by atomic mass is 10.7.